The van der Waals surface area contributed by atoms with Gasteiger partial charge in [-0.3, -0.25) is 4.79 Å². The summed E-state index contributed by atoms with van der Waals surface area (Å²) in [6, 6.07) is 6.20. The topological polar surface area (TPSA) is 86.1 Å². The maximum absolute atomic E-state index is 11.0. The number of carbonyl (C=O) groups is 1. The fourth-order valence-corrected chi connectivity index (χ4v) is 0.851. The third-order valence-corrected chi connectivity index (χ3v) is 1.52. The summed E-state index contributed by atoms with van der Waals surface area (Å²) in [7, 11) is 0. The average molecular weight is 177 g/mol. The fraction of sp³-hybridized carbons (Fsp3) is 0.125. The van der Waals surface area contributed by atoms with E-state index in [-0.39, 0.29) is 6.61 Å². The molecule has 0 heterocycles. The van der Waals surface area contributed by atoms with Gasteiger partial charge in [-0.1, -0.05) is 24.3 Å². The van der Waals surface area contributed by atoms with Crippen LogP contribution >= 0.6 is 0 Å². The van der Waals surface area contributed by atoms with Gasteiger partial charge in [-0.25, -0.2) is 0 Å². The Labute approximate surface area is 74.3 Å². The Bertz CT molecular complexity index is 352. The molecule has 13 heavy (non-hydrogen) atoms. The third kappa shape index (κ3) is 2.30. The summed E-state index contributed by atoms with van der Waals surface area (Å²) in [5.74, 6) is -0.619. The van der Waals surface area contributed by atoms with Gasteiger partial charge in [-0.05, 0) is 16.2 Å². The highest BCUT2D eigenvalue weighted by molar-refractivity contribution is 5.94. The molecule has 1 N–H and O–H groups in total. The zero-order valence-electron chi connectivity index (χ0n) is 6.71. The Morgan fingerprint density at radius 3 is 2.54 bits per heavy atom. The van der Waals surface area contributed by atoms with Gasteiger partial charge in [0, 0.05) is 10.5 Å². The number of benzene rings is 1. The Hall–Kier alpha value is -1.84. The second-order valence-corrected chi connectivity index (χ2v) is 2.35. The first-order valence-corrected chi connectivity index (χ1v) is 3.57. The minimum Gasteiger partial charge on any atom is -0.392 e. The lowest BCUT2D eigenvalue weighted by Crippen LogP contribution is -1.93. The van der Waals surface area contributed by atoms with Crippen molar-refractivity contribution < 1.29 is 9.90 Å². The van der Waals surface area contributed by atoms with E-state index in [4.69, 9.17) is 10.6 Å². The van der Waals surface area contributed by atoms with Crippen LogP contribution in [0.25, 0.3) is 10.4 Å². The number of carbonyl (C=O) groups excluding carboxylic acids is 1. The maximum Gasteiger partial charge on any atom is 0.249 e. The predicted octanol–water partition coefficient (Wildman–Crippen LogP) is 1.63. The molecule has 0 aromatic heterocycles. The predicted molar refractivity (Wildman–Crippen MR) is 45.8 cm³/mol. The number of hydrogen-bond acceptors (Lipinski definition) is 2. The van der Waals surface area contributed by atoms with Crippen molar-refractivity contribution >= 4 is 5.91 Å². The molecule has 0 aliphatic rings. The standard InChI is InChI=1S/C8H7N3O2/c9-11-10-8(13)7-3-1-6(5-12)2-4-7/h1-4,12H,5H2. The molecule has 0 spiro atoms. The number of aliphatic hydroxyl groups excluding tert-OH is 1. The number of nitrogens with zero attached hydrogens (tertiary/aromatic N) is 3. The van der Waals surface area contributed by atoms with Crippen LogP contribution in [-0.4, -0.2) is 11.0 Å². The highest BCUT2D eigenvalue weighted by atomic mass is 16.3. The SMILES string of the molecule is [N-]=[N+]=NC(=O)c1ccc(CO)cc1. The largest absolute Gasteiger partial charge is 0.392 e. The van der Waals surface area contributed by atoms with Crippen LogP contribution in [0.15, 0.2) is 29.4 Å². The Morgan fingerprint density at radius 1 is 1.46 bits per heavy atom. The fourth-order valence-electron chi connectivity index (χ4n) is 0.851. The number of rotatable bonds is 2. The van der Waals surface area contributed by atoms with Crippen molar-refractivity contribution in [3.63, 3.8) is 0 Å². The van der Waals surface area contributed by atoms with Gasteiger partial charge in [-0.2, -0.15) is 0 Å². The van der Waals surface area contributed by atoms with Gasteiger partial charge in [0.25, 0.3) is 0 Å². The molecule has 1 aromatic rings. The van der Waals surface area contributed by atoms with E-state index in [1.54, 1.807) is 12.1 Å². The van der Waals surface area contributed by atoms with Crippen molar-refractivity contribution in [1.29, 1.82) is 0 Å². The highest BCUT2D eigenvalue weighted by Gasteiger charge is 2.01. The van der Waals surface area contributed by atoms with E-state index < -0.39 is 5.91 Å². The molecule has 66 valence electrons. The van der Waals surface area contributed by atoms with Crippen LogP contribution in [0.2, 0.25) is 0 Å². The Kier molecular flexibility index (Phi) is 3.03. The van der Waals surface area contributed by atoms with Crippen LogP contribution < -0.4 is 0 Å². The summed E-state index contributed by atoms with van der Waals surface area (Å²) in [6.45, 7) is -0.0734. The van der Waals surface area contributed by atoms with Gasteiger partial charge in [-0.15, -0.1) is 0 Å². The van der Waals surface area contributed by atoms with Gasteiger partial charge >= 0.3 is 0 Å². The smallest absolute Gasteiger partial charge is 0.249 e. The van der Waals surface area contributed by atoms with E-state index in [0.29, 0.717) is 11.1 Å². The van der Waals surface area contributed by atoms with Crippen molar-refractivity contribution in [3.05, 3.63) is 45.8 Å². The quantitative estimate of drug-likeness (QED) is 0.422. The van der Waals surface area contributed by atoms with Crippen molar-refractivity contribution in [1.82, 2.24) is 0 Å². The summed E-state index contributed by atoms with van der Waals surface area (Å²) in [4.78, 5) is 13.3. The van der Waals surface area contributed by atoms with Gasteiger partial charge < -0.3 is 5.11 Å². The molecule has 0 aliphatic carbocycles. The van der Waals surface area contributed by atoms with Gasteiger partial charge in [0.2, 0.25) is 5.91 Å². The number of azide groups is 1. The first kappa shape index (κ1) is 9.25. The number of hydrogen-bond donors (Lipinski definition) is 1. The van der Waals surface area contributed by atoms with E-state index in [0.717, 1.165) is 0 Å². The summed E-state index contributed by atoms with van der Waals surface area (Å²) in [5, 5.41) is 11.6. The van der Waals surface area contributed by atoms with Crippen LogP contribution in [0.5, 0.6) is 0 Å². The molecule has 0 saturated heterocycles. The summed E-state index contributed by atoms with van der Waals surface area (Å²) >= 11 is 0. The summed E-state index contributed by atoms with van der Waals surface area (Å²) < 4.78 is 0. The second kappa shape index (κ2) is 4.25. The molecule has 1 aromatic carbocycles. The van der Waals surface area contributed by atoms with Gasteiger partial charge in [0.1, 0.15) is 0 Å². The number of aliphatic hydroxyl groups is 1. The van der Waals surface area contributed by atoms with E-state index in [1.807, 2.05) is 0 Å². The molecular formula is C8H7N3O2. The molecule has 5 heteroatoms. The Morgan fingerprint density at radius 2 is 2.08 bits per heavy atom. The zero-order chi connectivity index (χ0) is 9.68. The van der Waals surface area contributed by atoms with E-state index >= 15 is 0 Å². The summed E-state index contributed by atoms with van der Waals surface area (Å²) in [5.41, 5.74) is 9.02. The van der Waals surface area contributed by atoms with Crippen molar-refractivity contribution in [3.8, 4) is 0 Å². The van der Waals surface area contributed by atoms with Gasteiger partial charge in [0.15, 0.2) is 0 Å². The van der Waals surface area contributed by atoms with Crippen molar-refractivity contribution in [2.45, 2.75) is 6.61 Å². The Balaban J connectivity index is 2.92. The lowest BCUT2D eigenvalue weighted by molar-refractivity contribution is 0.100. The highest BCUT2D eigenvalue weighted by Crippen LogP contribution is 2.05. The molecule has 0 radical (unpaired) electrons. The molecule has 1 amide bonds. The van der Waals surface area contributed by atoms with Crippen LogP contribution in [0, 0.1) is 0 Å². The van der Waals surface area contributed by atoms with E-state index in [2.05, 4.69) is 10.0 Å². The molecule has 0 bridgehead atoms. The molecule has 0 atom stereocenters. The van der Waals surface area contributed by atoms with Crippen LogP contribution in [0.3, 0.4) is 0 Å². The molecule has 0 aliphatic heterocycles. The third-order valence-electron chi connectivity index (χ3n) is 1.52. The van der Waals surface area contributed by atoms with E-state index in [9.17, 15) is 4.79 Å². The molecular weight excluding hydrogens is 170 g/mol. The monoisotopic (exact) mass is 177 g/mol. The normalized spacial score (nSPS) is 9.00. The van der Waals surface area contributed by atoms with Gasteiger partial charge in [0.05, 0.1) is 6.61 Å². The zero-order valence-corrected chi connectivity index (χ0v) is 6.71. The molecule has 0 fully saturated rings. The lowest BCUT2D eigenvalue weighted by atomic mass is 10.1. The average Bonchev–Trinajstić information content (AvgIpc) is 2.18. The molecule has 0 saturated carbocycles. The second-order valence-electron chi connectivity index (χ2n) is 2.35. The number of amides is 1. The molecule has 5 nitrogen and oxygen atoms in total. The minimum absolute atomic E-state index is 0.0734. The maximum atomic E-state index is 11.0. The first-order valence-electron chi connectivity index (χ1n) is 3.57. The molecule has 1 rings (SSSR count). The first-order chi connectivity index (χ1) is 6.27. The van der Waals surface area contributed by atoms with Crippen LogP contribution in [0.4, 0.5) is 0 Å². The van der Waals surface area contributed by atoms with Crippen LogP contribution in [-0.2, 0) is 6.61 Å². The van der Waals surface area contributed by atoms with Crippen molar-refractivity contribution in [2.24, 2.45) is 5.11 Å². The molecule has 0 unspecified atom stereocenters. The van der Waals surface area contributed by atoms with E-state index in [1.165, 1.54) is 12.1 Å². The lowest BCUT2D eigenvalue weighted by Gasteiger charge is -1.96. The van der Waals surface area contributed by atoms with Crippen LogP contribution in [0.1, 0.15) is 15.9 Å². The minimum atomic E-state index is -0.619. The van der Waals surface area contributed by atoms with Crippen molar-refractivity contribution in [2.75, 3.05) is 0 Å². The summed E-state index contributed by atoms with van der Waals surface area (Å²) in [6.07, 6.45) is 0.